The minimum atomic E-state index is -0.757. The lowest BCUT2D eigenvalue weighted by Crippen LogP contribution is -2.17. The molecule has 6 nitrogen and oxygen atoms in total. The molecule has 0 N–H and O–H groups in total. The lowest BCUT2D eigenvalue weighted by Gasteiger charge is -2.12. The number of carbonyl (C=O) groups is 2. The van der Waals surface area contributed by atoms with Crippen LogP contribution in [0.1, 0.15) is 16.8 Å². The summed E-state index contributed by atoms with van der Waals surface area (Å²) in [4.78, 5) is 36.7. The van der Waals surface area contributed by atoms with Crippen molar-refractivity contribution in [1.29, 1.82) is 0 Å². The quantitative estimate of drug-likeness (QED) is 0.368. The average Bonchev–Trinajstić information content (AvgIpc) is 2.45. The number of Topliss-reactive ketones (excluding diaryl/α,β-unsaturated/α-hetero) is 1. The van der Waals surface area contributed by atoms with E-state index in [0.717, 1.165) is 5.69 Å². The molecular formula is C15H15NO5. The Balaban J connectivity index is 2.46. The van der Waals surface area contributed by atoms with Crippen LogP contribution in [0.3, 0.4) is 0 Å². The first kappa shape index (κ1) is 14.8. The Morgan fingerprint density at radius 2 is 1.95 bits per heavy atom. The van der Waals surface area contributed by atoms with Crippen molar-refractivity contribution in [2.75, 3.05) is 26.1 Å². The van der Waals surface area contributed by atoms with Crippen molar-refractivity contribution in [3.8, 4) is 0 Å². The van der Waals surface area contributed by atoms with E-state index in [4.69, 9.17) is 4.42 Å². The van der Waals surface area contributed by atoms with E-state index in [1.54, 1.807) is 12.1 Å². The van der Waals surface area contributed by atoms with Gasteiger partial charge in [-0.05, 0) is 18.2 Å². The number of anilines is 1. The second-order valence-corrected chi connectivity index (χ2v) is 4.74. The third-order valence-electron chi connectivity index (χ3n) is 3.07. The van der Waals surface area contributed by atoms with E-state index in [1.807, 2.05) is 25.1 Å². The number of ketones is 1. The molecule has 0 spiro atoms. The van der Waals surface area contributed by atoms with Gasteiger partial charge in [0.15, 0.2) is 5.78 Å². The van der Waals surface area contributed by atoms with Crippen molar-refractivity contribution in [3.63, 3.8) is 0 Å². The first-order valence-corrected chi connectivity index (χ1v) is 6.27. The Hall–Kier alpha value is -2.63. The predicted octanol–water partition coefficient (Wildman–Crippen LogP) is 1.60. The molecule has 0 unspecified atom stereocenters. The average molecular weight is 289 g/mol. The van der Waals surface area contributed by atoms with Crippen molar-refractivity contribution >= 4 is 28.4 Å². The van der Waals surface area contributed by atoms with Gasteiger partial charge in [0.2, 0.25) is 0 Å². The van der Waals surface area contributed by atoms with E-state index in [0.29, 0.717) is 11.0 Å². The number of methoxy groups -OCH3 is 1. The van der Waals surface area contributed by atoms with Gasteiger partial charge in [-0.2, -0.15) is 0 Å². The van der Waals surface area contributed by atoms with Gasteiger partial charge in [0.25, 0.3) is 0 Å². The second kappa shape index (κ2) is 5.78. The van der Waals surface area contributed by atoms with Crippen LogP contribution in [-0.4, -0.2) is 33.0 Å². The number of benzene rings is 1. The zero-order valence-corrected chi connectivity index (χ0v) is 12.0. The fourth-order valence-electron chi connectivity index (χ4n) is 1.87. The maximum Gasteiger partial charge on any atom is 0.347 e. The standard InChI is InChI=1S/C15H15NO5/c1-16(2)10-5-4-9-6-11(12(17)8-14(18)20-3)15(19)21-13(9)7-10/h4-7H,8H2,1-3H3. The molecule has 21 heavy (non-hydrogen) atoms. The molecule has 0 bridgehead atoms. The number of hydrogen-bond acceptors (Lipinski definition) is 6. The minimum absolute atomic E-state index is 0.148. The Morgan fingerprint density at radius 1 is 1.24 bits per heavy atom. The van der Waals surface area contributed by atoms with Crippen molar-refractivity contribution < 1.29 is 18.7 Å². The summed E-state index contributed by atoms with van der Waals surface area (Å²) in [5.41, 5.74) is 0.359. The van der Waals surface area contributed by atoms with Gasteiger partial charge in [-0.3, -0.25) is 9.59 Å². The SMILES string of the molecule is COC(=O)CC(=O)c1cc2ccc(N(C)C)cc2oc1=O. The van der Waals surface area contributed by atoms with E-state index in [9.17, 15) is 14.4 Å². The van der Waals surface area contributed by atoms with Crippen LogP contribution in [0.4, 0.5) is 5.69 Å². The van der Waals surface area contributed by atoms with Gasteiger partial charge in [0.05, 0.1) is 7.11 Å². The molecule has 6 heteroatoms. The van der Waals surface area contributed by atoms with Crippen LogP contribution in [-0.2, 0) is 9.53 Å². The number of fused-ring (bicyclic) bond motifs is 1. The summed E-state index contributed by atoms with van der Waals surface area (Å²) in [6.07, 6.45) is -0.484. The van der Waals surface area contributed by atoms with Crippen molar-refractivity contribution in [3.05, 3.63) is 40.2 Å². The Labute approximate surface area is 120 Å². The van der Waals surface area contributed by atoms with Gasteiger partial charge < -0.3 is 14.1 Å². The number of ether oxygens (including phenoxy) is 1. The van der Waals surface area contributed by atoms with E-state index in [1.165, 1.54) is 13.2 Å². The molecule has 0 aliphatic rings. The molecule has 1 aromatic heterocycles. The maximum absolute atomic E-state index is 11.9. The molecule has 0 aliphatic heterocycles. The van der Waals surface area contributed by atoms with Crippen LogP contribution in [0.5, 0.6) is 0 Å². The summed E-state index contributed by atoms with van der Waals surface area (Å²) in [5, 5.41) is 0.619. The van der Waals surface area contributed by atoms with Crippen LogP contribution in [0.25, 0.3) is 11.0 Å². The van der Waals surface area contributed by atoms with Crippen molar-refractivity contribution in [2.45, 2.75) is 6.42 Å². The number of esters is 1. The molecule has 1 heterocycles. The molecule has 0 saturated heterocycles. The summed E-state index contributed by atoms with van der Waals surface area (Å²) < 4.78 is 9.58. The summed E-state index contributed by atoms with van der Waals surface area (Å²) in [6, 6.07) is 6.75. The Bertz CT molecular complexity index is 760. The molecule has 110 valence electrons. The minimum Gasteiger partial charge on any atom is -0.469 e. The highest BCUT2D eigenvalue weighted by atomic mass is 16.5. The summed E-state index contributed by atoms with van der Waals surface area (Å²) in [5.74, 6) is -1.31. The first-order chi connectivity index (χ1) is 9.92. The number of hydrogen-bond donors (Lipinski definition) is 0. The van der Waals surface area contributed by atoms with Crippen LogP contribution >= 0.6 is 0 Å². The molecule has 2 rings (SSSR count). The molecule has 0 fully saturated rings. The van der Waals surface area contributed by atoms with E-state index in [-0.39, 0.29) is 5.56 Å². The molecule has 2 aromatic rings. The monoisotopic (exact) mass is 289 g/mol. The van der Waals surface area contributed by atoms with E-state index in [2.05, 4.69) is 4.74 Å². The molecule has 0 aliphatic carbocycles. The van der Waals surface area contributed by atoms with Crippen LogP contribution in [0.2, 0.25) is 0 Å². The normalized spacial score (nSPS) is 10.4. The third kappa shape index (κ3) is 3.10. The number of carbonyl (C=O) groups excluding carboxylic acids is 2. The maximum atomic E-state index is 11.9. The van der Waals surface area contributed by atoms with Gasteiger partial charge in [0.1, 0.15) is 17.6 Å². The van der Waals surface area contributed by atoms with Gasteiger partial charge in [0, 0.05) is 31.2 Å². The van der Waals surface area contributed by atoms with Crippen molar-refractivity contribution in [1.82, 2.24) is 0 Å². The number of rotatable bonds is 4. The zero-order valence-electron chi connectivity index (χ0n) is 12.0. The largest absolute Gasteiger partial charge is 0.469 e. The fraction of sp³-hybridized carbons (Fsp3) is 0.267. The van der Waals surface area contributed by atoms with Gasteiger partial charge in [-0.15, -0.1) is 0 Å². The molecule has 0 saturated carbocycles. The number of nitrogens with zero attached hydrogens (tertiary/aromatic N) is 1. The first-order valence-electron chi connectivity index (χ1n) is 6.27. The molecular weight excluding hydrogens is 274 g/mol. The lowest BCUT2D eigenvalue weighted by molar-refractivity contribution is -0.139. The lowest BCUT2D eigenvalue weighted by atomic mass is 10.1. The van der Waals surface area contributed by atoms with Crippen LogP contribution in [0.15, 0.2) is 33.5 Å². The van der Waals surface area contributed by atoms with Crippen LogP contribution in [0, 0.1) is 0 Å². The van der Waals surface area contributed by atoms with Gasteiger partial charge in [-0.25, -0.2) is 4.79 Å². The third-order valence-corrected chi connectivity index (χ3v) is 3.07. The molecule has 0 amide bonds. The fourth-order valence-corrected chi connectivity index (χ4v) is 1.87. The van der Waals surface area contributed by atoms with Gasteiger partial charge >= 0.3 is 11.6 Å². The highest BCUT2D eigenvalue weighted by Crippen LogP contribution is 2.20. The zero-order chi connectivity index (χ0) is 15.6. The predicted molar refractivity (Wildman–Crippen MR) is 77.8 cm³/mol. The highest BCUT2D eigenvalue weighted by molar-refractivity contribution is 6.06. The summed E-state index contributed by atoms with van der Waals surface area (Å²) in [6.45, 7) is 0. The highest BCUT2D eigenvalue weighted by Gasteiger charge is 2.17. The van der Waals surface area contributed by atoms with Crippen molar-refractivity contribution in [2.24, 2.45) is 0 Å². The molecule has 0 atom stereocenters. The summed E-state index contributed by atoms with van der Waals surface area (Å²) >= 11 is 0. The molecule has 0 radical (unpaired) electrons. The van der Waals surface area contributed by atoms with Gasteiger partial charge in [-0.1, -0.05) is 0 Å². The van der Waals surface area contributed by atoms with E-state index < -0.39 is 23.8 Å². The molecule has 1 aromatic carbocycles. The Morgan fingerprint density at radius 3 is 2.57 bits per heavy atom. The second-order valence-electron chi connectivity index (χ2n) is 4.74. The Kier molecular flexibility index (Phi) is 4.07. The van der Waals surface area contributed by atoms with Crippen LogP contribution < -0.4 is 10.5 Å². The topological polar surface area (TPSA) is 76.8 Å². The van der Waals surface area contributed by atoms with E-state index >= 15 is 0 Å². The summed E-state index contributed by atoms with van der Waals surface area (Å²) in [7, 11) is 4.92. The smallest absolute Gasteiger partial charge is 0.347 e.